The normalized spacial score (nSPS) is 13.3. The van der Waals surface area contributed by atoms with Crippen molar-refractivity contribution >= 4 is 62.2 Å². The smallest absolute Gasteiger partial charge is 0.347 e. The van der Waals surface area contributed by atoms with Gasteiger partial charge in [0.2, 0.25) is 0 Å². The summed E-state index contributed by atoms with van der Waals surface area (Å²) in [5.41, 5.74) is 0.874. The lowest BCUT2D eigenvalue weighted by Gasteiger charge is -2.16. The van der Waals surface area contributed by atoms with Gasteiger partial charge < -0.3 is 9.47 Å². The highest BCUT2D eigenvalue weighted by atomic mass is 79.9. The number of halogens is 3. The molecule has 0 saturated heterocycles. The number of nitrogens with zero attached hydrogens (tertiary/aromatic N) is 3. The molecule has 3 rings (SSSR count). The molecule has 180 valence electrons. The fourth-order valence-corrected chi connectivity index (χ4v) is 4.11. The van der Waals surface area contributed by atoms with E-state index in [0.29, 0.717) is 22.3 Å². The van der Waals surface area contributed by atoms with Crippen molar-refractivity contribution in [2.24, 2.45) is 5.10 Å². The molecule has 0 aliphatic heterocycles. The summed E-state index contributed by atoms with van der Waals surface area (Å²) >= 11 is 16.1. The van der Waals surface area contributed by atoms with Crippen molar-refractivity contribution in [2.75, 3.05) is 6.61 Å². The Balaban J connectivity index is 2.00. The molecule has 7 nitrogen and oxygen atoms in total. The van der Waals surface area contributed by atoms with Crippen molar-refractivity contribution in [2.45, 2.75) is 46.1 Å². The summed E-state index contributed by atoms with van der Waals surface area (Å²) in [6, 6.07) is 8.55. The molecule has 0 saturated carbocycles. The fourth-order valence-electron chi connectivity index (χ4n) is 3.15. The van der Waals surface area contributed by atoms with Gasteiger partial charge in [-0.25, -0.2) is 9.78 Å². The molecule has 0 unspecified atom stereocenters. The van der Waals surface area contributed by atoms with Crippen LogP contribution < -0.4 is 10.3 Å². The molecule has 0 N–H and O–H groups in total. The molecule has 34 heavy (non-hydrogen) atoms. The molecular formula is C24H24BrCl2N3O4. The summed E-state index contributed by atoms with van der Waals surface area (Å²) < 4.78 is 12.6. The Morgan fingerprint density at radius 2 is 1.88 bits per heavy atom. The molecule has 2 aromatic carbocycles. The van der Waals surface area contributed by atoms with Crippen molar-refractivity contribution in [1.82, 2.24) is 9.66 Å². The Morgan fingerprint density at radius 1 is 1.21 bits per heavy atom. The zero-order valence-electron chi connectivity index (χ0n) is 19.1. The van der Waals surface area contributed by atoms with Crippen LogP contribution in [0.1, 0.15) is 51.4 Å². The monoisotopic (exact) mass is 567 g/mol. The third-order valence-corrected chi connectivity index (χ3v) is 6.20. The highest BCUT2D eigenvalue weighted by Crippen LogP contribution is 2.34. The van der Waals surface area contributed by atoms with Gasteiger partial charge in [-0.1, -0.05) is 53.0 Å². The molecule has 0 spiro atoms. The van der Waals surface area contributed by atoms with E-state index in [1.54, 1.807) is 38.1 Å². The van der Waals surface area contributed by atoms with E-state index in [1.807, 2.05) is 19.9 Å². The lowest BCUT2D eigenvalue weighted by Crippen LogP contribution is -2.26. The predicted molar refractivity (Wildman–Crippen MR) is 139 cm³/mol. The van der Waals surface area contributed by atoms with Gasteiger partial charge in [0.25, 0.3) is 5.56 Å². The summed E-state index contributed by atoms with van der Waals surface area (Å²) in [5, 5.41) is 5.26. The maximum absolute atomic E-state index is 13.2. The number of rotatable bonds is 8. The lowest BCUT2D eigenvalue weighted by atomic mass is 10.1. The molecule has 0 radical (unpaired) electrons. The number of esters is 1. The minimum absolute atomic E-state index is 0.00483. The van der Waals surface area contributed by atoms with Crippen LogP contribution in [0.2, 0.25) is 10.0 Å². The highest BCUT2D eigenvalue weighted by Gasteiger charge is 2.20. The average molecular weight is 569 g/mol. The number of benzene rings is 2. The number of fused-ring (bicyclic) bond motifs is 1. The Morgan fingerprint density at radius 3 is 2.50 bits per heavy atom. The molecule has 0 bridgehead atoms. The van der Waals surface area contributed by atoms with Gasteiger partial charge >= 0.3 is 5.97 Å². The van der Waals surface area contributed by atoms with Gasteiger partial charge in [-0.15, -0.1) is 0 Å². The maximum atomic E-state index is 13.2. The van der Waals surface area contributed by atoms with Gasteiger partial charge in [0.15, 0.2) is 11.9 Å². The van der Waals surface area contributed by atoms with Crippen molar-refractivity contribution in [3.8, 4) is 5.75 Å². The van der Waals surface area contributed by atoms with Crippen LogP contribution in [0.25, 0.3) is 10.9 Å². The number of ether oxygens (including phenoxy) is 2. The number of hydrogen-bond acceptors (Lipinski definition) is 6. The first kappa shape index (κ1) is 26.2. The van der Waals surface area contributed by atoms with Crippen LogP contribution in [0.4, 0.5) is 0 Å². The Bertz CT molecular complexity index is 1290. The molecule has 0 aliphatic carbocycles. The van der Waals surface area contributed by atoms with Crippen LogP contribution in [0.3, 0.4) is 0 Å². The third kappa shape index (κ3) is 5.79. The molecular weight excluding hydrogens is 545 g/mol. The van der Waals surface area contributed by atoms with E-state index in [-0.39, 0.29) is 33.9 Å². The molecule has 1 heterocycles. The van der Waals surface area contributed by atoms with E-state index < -0.39 is 12.1 Å². The molecule has 10 heteroatoms. The second-order valence-electron chi connectivity index (χ2n) is 7.63. The topological polar surface area (TPSA) is 82.8 Å². The van der Waals surface area contributed by atoms with Crippen LogP contribution in [-0.4, -0.2) is 34.6 Å². The fraction of sp³-hybridized carbons (Fsp3) is 0.333. The van der Waals surface area contributed by atoms with Gasteiger partial charge in [0.05, 0.1) is 33.8 Å². The van der Waals surface area contributed by atoms with Crippen LogP contribution in [0.5, 0.6) is 5.75 Å². The van der Waals surface area contributed by atoms with Crippen LogP contribution in [0.15, 0.2) is 44.7 Å². The van der Waals surface area contributed by atoms with Gasteiger partial charge in [-0.2, -0.15) is 9.78 Å². The molecule has 2 atom stereocenters. The van der Waals surface area contributed by atoms with Gasteiger partial charge in [0, 0.05) is 10.4 Å². The Kier molecular flexibility index (Phi) is 8.73. The highest BCUT2D eigenvalue weighted by molar-refractivity contribution is 9.10. The number of carbonyl (C=O) groups is 1. The van der Waals surface area contributed by atoms with Crippen LogP contribution in [-0.2, 0) is 9.53 Å². The maximum Gasteiger partial charge on any atom is 0.347 e. The first-order chi connectivity index (χ1) is 16.2. The van der Waals surface area contributed by atoms with E-state index >= 15 is 0 Å². The van der Waals surface area contributed by atoms with E-state index in [2.05, 4.69) is 26.0 Å². The Hall–Kier alpha value is -2.42. The van der Waals surface area contributed by atoms with Crippen molar-refractivity contribution in [3.05, 3.63) is 66.6 Å². The number of hydrogen-bond donors (Lipinski definition) is 0. The zero-order chi connectivity index (χ0) is 25.0. The van der Waals surface area contributed by atoms with Crippen LogP contribution in [0, 0.1) is 0 Å². The summed E-state index contributed by atoms with van der Waals surface area (Å²) in [7, 11) is 0. The quantitative estimate of drug-likeness (QED) is 0.239. The Labute approximate surface area is 215 Å². The largest absolute Gasteiger partial charge is 0.476 e. The molecule has 0 amide bonds. The van der Waals surface area contributed by atoms with E-state index in [4.69, 9.17) is 32.7 Å². The second-order valence-corrected chi connectivity index (χ2v) is 9.36. The van der Waals surface area contributed by atoms with Crippen molar-refractivity contribution < 1.29 is 14.3 Å². The standard InChI is InChI=1S/C24H24BrCl2N3O4/c1-5-13(3)22-29-20-8-7-16(25)11-17(20)23(31)30(22)28-12-15-9-18(26)21(19(27)10-15)34-14(4)24(32)33-6-2/h7-14H,5-6H2,1-4H3/t13-,14+/m0/s1. The lowest BCUT2D eigenvalue weighted by molar-refractivity contribution is -0.150. The zero-order valence-corrected chi connectivity index (χ0v) is 22.2. The van der Waals surface area contributed by atoms with Crippen molar-refractivity contribution in [1.29, 1.82) is 0 Å². The van der Waals surface area contributed by atoms with E-state index in [0.717, 1.165) is 10.9 Å². The SMILES string of the molecule is CCOC(=O)[C@@H](C)Oc1c(Cl)cc(C=Nn2c([C@@H](C)CC)nc3ccc(Br)cc3c2=O)cc1Cl. The van der Waals surface area contributed by atoms with E-state index in [1.165, 1.54) is 10.9 Å². The minimum atomic E-state index is -0.880. The van der Waals surface area contributed by atoms with Gasteiger partial charge in [-0.3, -0.25) is 4.79 Å². The average Bonchev–Trinajstić information content (AvgIpc) is 2.80. The molecule has 1 aromatic heterocycles. The first-order valence-corrected chi connectivity index (χ1v) is 12.3. The summed E-state index contributed by atoms with van der Waals surface area (Å²) in [6.45, 7) is 7.51. The molecule has 3 aromatic rings. The minimum Gasteiger partial charge on any atom is -0.476 e. The molecule has 0 aliphatic rings. The summed E-state index contributed by atoms with van der Waals surface area (Å²) in [6.07, 6.45) is 1.38. The van der Waals surface area contributed by atoms with E-state index in [9.17, 15) is 9.59 Å². The summed E-state index contributed by atoms with van der Waals surface area (Å²) in [5.74, 6) is 0.201. The first-order valence-electron chi connectivity index (χ1n) is 10.7. The number of carbonyl (C=O) groups excluding carboxylic acids is 1. The van der Waals surface area contributed by atoms with Gasteiger partial charge in [-0.05, 0) is 56.2 Å². The third-order valence-electron chi connectivity index (χ3n) is 5.14. The van der Waals surface area contributed by atoms with Gasteiger partial charge in [0.1, 0.15) is 5.82 Å². The van der Waals surface area contributed by atoms with Crippen molar-refractivity contribution in [3.63, 3.8) is 0 Å². The molecule has 0 fully saturated rings. The number of aromatic nitrogens is 2. The second kappa shape index (κ2) is 11.3. The van der Waals surface area contributed by atoms with Crippen LogP contribution >= 0.6 is 39.1 Å². The summed E-state index contributed by atoms with van der Waals surface area (Å²) in [4.78, 5) is 29.8. The predicted octanol–water partition coefficient (Wildman–Crippen LogP) is 6.19.